The minimum absolute atomic E-state index is 0.0332. The Balaban J connectivity index is 1.90. The number of amides is 1. The van der Waals surface area contributed by atoms with E-state index in [1.165, 1.54) is 6.08 Å². The maximum atomic E-state index is 12.5. The third kappa shape index (κ3) is 4.27. The molecule has 0 radical (unpaired) electrons. The van der Waals surface area contributed by atoms with E-state index in [0.717, 1.165) is 21.3 Å². The molecular formula is C20H14BrClN4O. The number of rotatable bonds is 4. The van der Waals surface area contributed by atoms with Crippen LogP contribution in [0.3, 0.4) is 0 Å². The van der Waals surface area contributed by atoms with E-state index in [4.69, 9.17) is 11.6 Å². The van der Waals surface area contributed by atoms with Gasteiger partial charge in [-0.15, -0.1) is 0 Å². The minimum atomic E-state index is -0.508. The first-order valence-electron chi connectivity index (χ1n) is 7.97. The molecule has 3 rings (SSSR count). The first kappa shape index (κ1) is 18.9. The highest BCUT2D eigenvalue weighted by Gasteiger charge is 2.14. The van der Waals surface area contributed by atoms with Gasteiger partial charge in [-0.05, 0) is 42.8 Å². The molecular weight excluding hydrogens is 428 g/mol. The van der Waals surface area contributed by atoms with Gasteiger partial charge in [-0.25, -0.2) is 0 Å². The fraction of sp³-hybridized carbons (Fsp3) is 0.0500. The number of aromatic nitrogens is 2. The molecule has 0 aliphatic carbocycles. The summed E-state index contributed by atoms with van der Waals surface area (Å²) in [5, 5.41) is 19.7. The van der Waals surface area contributed by atoms with Gasteiger partial charge >= 0.3 is 0 Å². The zero-order valence-electron chi connectivity index (χ0n) is 14.3. The van der Waals surface area contributed by atoms with Crippen LogP contribution in [0.5, 0.6) is 0 Å². The number of nitriles is 1. The molecule has 1 heterocycles. The highest BCUT2D eigenvalue weighted by atomic mass is 79.9. The van der Waals surface area contributed by atoms with E-state index in [9.17, 15) is 10.1 Å². The lowest BCUT2D eigenvalue weighted by atomic mass is 10.1. The Morgan fingerprint density at radius 2 is 2.04 bits per heavy atom. The highest BCUT2D eigenvalue weighted by molar-refractivity contribution is 9.10. The van der Waals surface area contributed by atoms with E-state index in [0.29, 0.717) is 16.3 Å². The summed E-state index contributed by atoms with van der Waals surface area (Å²) >= 11 is 9.48. The van der Waals surface area contributed by atoms with Crippen molar-refractivity contribution in [2.45, 2.75) is 6.92 Å². The van der Waals surface area contributed by atoms with Crippen molar-refractivity contribution >= 4 is 45.2 Å². The summed E-state index contributed by atoms with van der Waals surface area (Å²) in [6, 6.07) is 14.8. The number of H-pyrrole nitrogens is 1. The van der Waals surface area contributed by atoms with Gasteiger partial charge in [0.25, 0.3) is 5.91 Å². The summed E-state index contributed by atoms with van der Waals surface area (Å²) in [7, 11) is 0. The minimum Gasteiger partial charge on any atom is -0.321 e. The number of hydrogen-bond donors (Lipinski definition) is 2. The molecule has 0 bridgehead atoms. The average molecular weight is 442 g/mol. The SMILES string of the molecule is Cc1c(Cl)cccc1NC(=O)/C(C#N)=C\c1cn[nH]c1-c1ccc(Br)cc1. The Bertz CT molecular complexity index is 1060. The van der Waals surface area contributed by atoms with Gasteiger partial charge in [0.15, 0.2) is 0 Å². The molecule has 1 amide bonds. The molecule has 0 saturated carbocycles. The number of carbonyl (C=O) groups excluding carboxylic acids is 1. The number of aromatic amines is 1. The van der Waals surface area contributed by atoms with Gasteiger partial charge in [-0.1, -0.05) is 45.7 Å². The van der Waals surface area contributed by atoms with Crippen LogP contribution in [0, 0.1) is 18.3 Å². The lowest BCUT2D eigenvalue weighted by Gasteiger charge is -2.09. The van der Waals surface area contributed by atoms with E-state index >= 15 is 0 Å². The van der Waals surface area contributed by atoms with Gasteiger partial charge in [0.2, 0.25) is 0 Å². The maximum absolute atomic E-state index is 12.5. The topological polar surface area (TPSA) is 81.6 Å². The van der Waals surface area contributed by atoms with Crippen LogP contribution in [0.4, 0.5) is 5.69 Å². The summed E-state index contributed by atoms with van der Waals surface area (Å²) in [6.07, 6.45) is 3.09. The lowest BCUT2D eigenvalue weighted by Crippen LogP contribution is -2.14. The van der Waals surface area contributed by atoms with Gasteiger partial charge in [-0.2, -0.15) is 10.4 Å². The van der Waals surface area contributed by atoms with Gasteiger partial charge in [-0.3, -0.25) is 9.89 Å². The molecule has 3 aromatic rings. The highest BCUT2D eigenvalue weighted by Crippen LogP contribution is 2.26. The smallest absolute Gasteiger partial charge is 0.266 e. The van der Waals surface area contributed by atoms with E-state index in [1.54, 1.807) is 31.3 Å². The second kappa shape index (κ2) is 8.21. The van der Waals surface area contributed by atoms with E-state index in [2.05, 4.69) is 31.4 Å². The first-order valence-corrected chi connectivity index (χ1v) is 9.14. The Kier molecular flexibility index (Phi) is 5.75. The molecule has 0 saturated heterocycles. The van der Waals surface area contributed by atoms with Gasteiger partial charge in [0, 0.05) is 26.3 Å². The molecule has 0 aliphatic rings. The number of hydrogen-bond acceptors (Lipinski definition) is 3. The largest absolute Gasteiger partial charge is 0.321 e. The molecule has 2 aromatic carbocycles. The Labute approximate surface area is 169 Å². The molecule has 0 unspecified atom stereocenters. The van der Waals surface area contributed by atoms with Crippen molar-refractivity contribution in [3.63, 3.8) is 0 Å². The molecule has 0 fully saturated rings. The fourth-order valence-electron chi connectivity index (χ4n) is 2.49. The second-order valence-electron chi connectivity index (χ2n) is 5.74. The van der Waals surface area contributed by atoms with Crippen LogP contribution in [0.25, 0.3) is 17.3 Å². The predicted molar refractivity (Wildman–Crippen MR) is 110 cm³/mol. The van der Waals surface area contributed by atoms with Crippen molar-refractivity contribution in [3.8, 4) is 17.3 Å². The van der Waals surface area contributed by atoms with Crippen LogP contribution >= 0.6 is 27.5 Å². The fourth-order valence-corrected chi connectivity index (χ4v) is 2.93. The quantitative estimate of drug-likeness (QED) is 0.423. The molecule has 0 aliphatic heterocycles. The summed E-state index contributed by atoms with van der Waals surface area (Å²) in [5.74, 6) is -0.508. The summed E-state index contributed by atoms with van der Waals surface area (Å²) in [4.78, 5) is 12.5. The number of nitrogens with one attached hydrogen (secondary N) is 2. The van der Waals surface area contributed by atoms with Crippen molar-refractivity contribution in [3.05, 3.63) is 74.9 Å². The number of carbonyl (C=O) groups is 1. The molecule has 0 atom stereocenters. The van der Waals surface area contributed by atoms with Crippen molar-refractivity contribution in [2.75, 3.05) is 5.32 Å². The van der Waals surface area contributed by atoms with Crippen LogP contribution in [0.1, 0.15) is 11.1 Å². The average Bonchev–Trinajstić information content (AvgIpc) is 3.12. The number of benzene rings is 2. The third-order valence-electron chi connectivity index (χ3n) is 3.98. The molecule has 1 aromatic heterocycles. The zero-order chi connectivity index (χ0) is 19.4. The second-order valence-corrected chi connectivity index (χ2v) is 7.07. The van der Waals surface area contributed by atoms with Crippen molar-refractivity contribution in [1.82, 2.24) is 10.2 Å². The predicted octanol–water partition coefficient (Wildman–Crippen LogP) is 5.35. The number of halogens is 2. The van der Waals surface area contributed by atoms with Gasteiger partial charge in [0.1, 0.15) is 11.6 Å². The Morgan fingerprint density at radius 1 is 1.30 bits per heavy atom. The third-order valence-corrected chi connectivity index (χ3v) is 4.92. The summed E-state index contributed by atoms with van der Waals surface area (Å²) in [6.45, 7) is 1.80. The van der Waals surface area contributed by atoms with Crippen LogP contribution in [-0.4, -0.2) is 16.1 Å². The Hall–Kier alpha value is -2.88. The molecule has 5 nitrogen and oxygen atoms in total. The summed E-state index contributed by atoms with van der Waals surface area (Å²) < 4.78 is 0.955. The van der Waals surface area contributed by atoms with Gasteiger partial charge in [0.05, 0.1) is 11.9 Å². The van der Waals surface area contributed by atoms with Crippen LogP contribution in [0.15, 0.2) is 58.7 Å². The maximum Gasteiger partial charge on any atom is 0.266 e. The van der Waals surface area contributed by atoms with E-state index < -0.39 is 5.91 Å². The molecule has 0 spiro atoms. The van der Waals surface area contributed by atoms with Gasteiger partial charge < -0.3 is 5.32 Å². The first-order chi connectivity index (χ1) is 13.0. The number of nitrogens with zero attached hydrogens (tertiary/aromatic N) is 2. The zero-order valence-corrected chi connectivity index (χ0v) is 16.6. The van der Waals surface area contributed by atoms with Crippen LogP contribution in [-0.2, 0) is 4.79 Å². The molecule has 2 N–H and O–H groups in total. The Morgan fingerprint density at radius 3 is 2.74 bits per heavy atom. The normalized spacial score (nSPS) is 11.1. The summed E-state index contributed by atoms with van der Waals surface area (Å²) in [5.41, 5.74) is 3.53. The number of anilines is 1. The molecule has 27 heavy (non-hydrogen) atoms. The van der Waals surface area contributed by atoms with E-state index in [-0.39, 0.29) is 5.57 Å². The van der Waals surface area contributed by atoms with Crippen molar-refractivity contribution < 1.29 is 4.79 Å². The molecule has 134 valence electrons. The van der Waals surface area contributed by atoms with E-state index in [1.807, 2.05) is 30.3 Å². The van der Waals surface area contributed by atoms with Crippen LogP contribution in [0.2, 0.25) is 5.02 Å². The van der Waals surface area contributed by atoms with Crippen molar-refractivity contribution in [1.29, 1.82) is 5.26 Å². The standard InChI is InChI=1S/C20H14BrClN4O/c1-12-17(22)3-2-4-18(12)25-20(27)14(10-23)9-15-11-24-26-19(15)13-5-7-16(21)8-6-13/h2-9,11H,1H3,(H,24,26)(H,25,27)/b14-9-. The monoisotopic (exact) mass is 440 g/mol. The molecule has 7 heteroatoms. The van der Waals surface area contributed by atoms with Crippen molar-refractivity contribution in [2.24, 2.45) is 0 Å². The van der Waals surface area contributed by atoms with Crippen LogP contribution < -0.4 is 5.32 Å². The lowest BCUT2D eigenvalue weighted by molar-refractivity contribution is -0.112.